The summed E-state index contributed by atoms with van der Waals surface area (Å²) in [6.45, 7) is 4.04. The summed E-state index contributed by atoms with van der Waals surface area (Å²) in [5.41, 5.74) is -0.718. The number of unbranched alkanes of at least 4 members (excludes halogenated alkanes) is 1. The lowest BCUT2D eigenvalue weighted by atomic mass is 9.77. The van der Waals surface area contributed by atoms with Gasteiger partial charge >= 0.3 is 0 Å². The summed E-state index contributed by atoms with van der Waals surface area (Å²) < 4.78 is 32.7. The zero-order valence-corrected chi connectivity index (χ0v) is 19.1. The van der Waals surface area contributed by atoms with Crippen LogP contribution in [-0.4, -0.2) is 38.9 Å². The van der Waals surface area contributed by atoms with Gasteiger partial charge in [0.2, 0.25) is 0 Å². The van der Waals surface area contributed by atoms with Crippen LogP contribution in [0.5, 0.6) is 0 Å². The molecule has 2 aliphatic carbocycles. The quantitative estimate of drug-likeness (QED) is 0.428. The van der Waals surface area contributed by atoms with Gasteiger partial charge in [0.05, 0.1) is 17.1 Å². The molecule has 0 N–H and O–H groups in total. The molecule has 2 saturated carbocycles. The number of sulfone groups is 1. The van der Waals surface area contributed by atoms with E-state index in [4.69, 9.17) is 4.74 Å². The Balaban J connectivity index is 2.18. The summed E-state index contributed by atoms with van der Waals surface area (Å²) in [5.74, 6) is 0.923. The average Bonchev–Trinajstić information content (AvgIpc) is 2.72. The van der Waals surface area contributed by atoms with Gasteiger partial charge in [0, 0.05) is 12.5 Å². The van der Waals surface area contributed by atoms with Crippen LogP contribution in [0.4, 0.5) is 0 Å². The zero-order valence-electron chi connectivity index (χ0n) is 18.3. The van der Waals surface area contributed by atoms with Crippen molar-refractivity contribution in [1.82, 2.24) is 0 Å². The first-order valence-corrected chi connectivity index (χ1v) is 13.3. The summed E-state index contributed by atoms with van der Waals surface area (Å²) >= 11 is 0. The van der Waals surface area contributed by atoms with Crippen LogP contribution in [-0.2, 0) is 19.4 Å². The van der Waals surface area contributed by atoms with Gasteiger partial charge in [0.25, 0.3) is 0 Å². The summed E-state index contributed by atoms with van der Waals surface area (Å²) in [6, 6.07) is 0. The molecule has 2 fully saturated rings. The third-order valence-electron chi connectivity index (χ3n) is 7.51. The molecule has 0 radical (unpaired) electrons. The summed E-state index contributed by atoms with van der Waals surface area (Å²) in [4.78, 5) is 12.0. The van der Waals surface area contributed by atoms with E-state index in [0.29, 0.717) is 25.2 Å². The molecule has 0 aromatic heterocycles. The molecule has 0 amide bonds. The molecule has 0 aliphatic heterocycles. The number of carbonyl (C=O) groups excluding carboxylic acids is 1. The van der Waals surface area contributed by atoms with E-state index >= 15 is 0 Å². The van der Waals surface area contributed by atoms with E-state index in [2.05, 4.69) is 6.92 Å². The Morgan fingerprint density at radius 1 is 1.07 bits per heavy atom. The maximum atomic E-state index is 13.6. The lowest BCUT2D eigenvalue weighted by Crippen LogP contribution is -2.44. The van der Waals surface area contributed by atoms with E-state index in [1.54, 1.807) is 7.11 Å². The second kappa shape index (κ2) is 11.1. The van der Waals surface area contributed by atoms with Crippen molar-refractivity contribution >= 4 is 16.1 Å². The van der Waals surface area contributed by atoms with E-state index in [9.17, 15) is 13.2 Å². The van der Waals surface area contributed by atoms with Crippen molar-refractivity contribution in [3.63, 3.8) is 0 Å². The van der Waals surface area contributed by atoms with Crippen LogP contribution in [0.25, 0.3) is 0 Å². The van der Waals surface area contributed by atoms with E-state index in [-0.39, 0.29) is 23.0 Å². The summed E-state index contributed by atoms with van der Waals surface area (Å²) in [5, 5.41) is -0.347. The van der Waals surface area contributed by atoms with Gasteiger partial charge < -0.3 is 9.53 Å². The van der Waals surface area contributed by atoms with Gasteiger partial charge in [0.1, 0.15) is 6.29 Å². The maximum absolute atomic E-state index is 13.6. The SMILES string of the molecule is CCCCC(C=O)(CC)CS(=O)(=O)C1CC(OC)CCC1CC1CCCCC1. The first-order valence-electron chi connectivity index (χ1n) is 11.6. The predicted molar refractivity (Wildman–Crippen MR) is 115 cm³/mol. The Hall–Kier alpha value is -0.420. The second-order valence-corrected chi connectivity index (χ2v) is 11.7. The van der Waals surface area contributed by atoms with Crippen LogP contribution in [0.15, 0.2) is 0 Å². The van der Waals surface area contributed by atoms with Gasteiger partial charge in [-0.1, -0.05) is 58.8 Å². The molecule has 4 nitrogen and oxygen atoms in total. The van der Waals surface area contributed by atoms with Crippen molar-refractivity contribution in [2.75, 3.05) is 12.9 Å². The standard InChI is InChI=1S/C23H42O4S/c1-4-6-14-23(5-2,17-24)18-28(25,26)22-16-21(27-3)13-12-20(22)15-19-10-8-7-9-11-19/h17,19-22H,4-16,18H2,1-3H3. The molecule has 0 aromatic carbocycles. The molecule has 5 heteroatoms. The Morgan fingerprint density at radius 2 is 1.79 bits per heavy atom. The van der Waals surface area contributed by atoms with E-state index in [0.717, 1.165) is 38.4 Å². The molecule has 2 aliphatic rings. The van der Waals surface area contributed by atoms with Gasteiger partial charge in [-0.25, -0.2) is 8.42 Å². The number of hydrogen-bond acceptors (Lipinski definition) is 4. The fraction of sp³-hybridized carbons (Fsp3) is 0.957. The largest absolute Gasteiger partial charge is 0.381 e. The summed E-state index contributed by atoms with van der Waals surface area (Å²) in [6.07, 6.45) is 14.1. The molecule has 4 atom stereocenters. The molecule has 0 saturated heterocycles. The normalized spacial score (nSPS) is 29.3. The highest BCUT2D eigenvalue weighted by Gasteiger charge is 2.43. The van der Waals surface area contributed by atoms with Gasteiger partial charge in [-0.15, -0.1) is 0 Å². The predicted octanol–water partition coefficient (Wildman–Crippen LogP) is 5.34. The van der Waals surface area contributed by atoms with Crippen molar-refractivity contribution in [1.29, 1.82) is 0 Å². The fourth-order valence-corrected chi connectivity index (χ4v) is 8.27. The number of rotatable bonds is 11. The Bertz CT molecular complexity index is 567. The van der Waals surface area contributed by atoms with Crippen LogP contribution in [0, 0.1) is 17.3 Å². The first-order chi connectivity index (χ1) is 13.4. The summed E-state index contributed by atoms with van der Waals surface area (Å²) in [7, 11) is -1.66. The maximum Gasteiger partial charge on any atom is 0.154 e. The lowest BCUT2D eigenvalue weighted by molar-refractivity contribution is -0.115. The smallest absolute Gasteiger partial charge is 0.154 e. The van der Waals surface area contributed by atoms with Gasteiger partial charge in [-0.2, -0.15) is 0 Å². The Morgan fingerprint density at radius 3 is 2.36 bits per heavy atom. The minimum absolute atomic E-state index is 0.0161. The number of carbonyl (C=O) groups is 1. The number of hydrogen-bond donors (Lipinski definition) is 0. The fourth-order valence-electron chi connectivity index (χ4n) is 5.49. The molecule has 0 bridgehead atoms. The number of ether oxygens (including phenoxy) is 1. The number of aldehydes is 1. The Labute approximate surface area is 173 Å². The third kappa shape index (κ3) is 6.29. The molecule has 0 heterocycles. The number of methoxy groups -OCH3 is 1. The van der Waals surface area contributed by atoms with Crippen LogP contribution in [0.3, 0.4) is 0 Å². The van der Waals surface area contributed by atoms with Crippen molar-refractivity contribution in [3.05, 3.63) is 0 Å². The zero-order chi connectivity index (χ0) is 20.6. The molecule has 0 spiro atoms. The Kier molecular flexibility index (Phi) is 9.46. The molecule has 4 unspecified atom stereocenters. The topological polar surface area (TPSA) is 60.4 Å². The highest BCUT2D eigenvalue weighted by atomic mass is 32.2. The highest BCUT2D eigenvalue weighted by molar-refractivity contribution is 7.92. The van der Waals surface area contributed by atoms with Crippen LogP contribution >= 0.6 is 0 Å². The third-order valence-corrected chi connectivity index (χ3v) is 9.98. The monoisotopic (exact) mass is 414 g/mol. The molecular weight excluding hydrogens is 372 g/mol. The lowest BCUT2D eigenvalue weighted by Gasteiger charge is -2.39. The average molecular weight is 415 g/mol. The van der Waals surface area contributed by atoms with Crippen molar-refractivity contribution < 1.29 is 17.9 Å². The molecule has 28 heavy (non-hydrogen) atoms. The van der Waals surface area contributed by atoms with Crippen LogP contribution < -0.4 is 0 Å². The molecule has 2 rings (SSSR count). The van der Waals surface area contributed by atoms with E-state index in [1.165, 1.54) is 32.1 Å². The minimum atomic E-state index is -3.35. The molecule has 164 valence electrons. The van der Waals surface area contributed by atoms with Gasteiger partial charge in [-0.3, -0.25) is 0 Å². The molecule has 0 aromatic rings. The van der Waals surface area contributed by atoms with Gasteiger partial charge in [-0.05, 0) is 50.4 Å². The van der Waals surface area contributed by atoms with Gasteiger partial charge in [0.15, 0.2) is 9.84 Å². The van der Waals surface area contributed by atoms with E-state index in [1.807, 2.05) is 6.92 Å². The minimum Gasteiger partial charge on any atom is -0.381 e. The highest BCUT2D eigenvalue weighted by Crippen LogP contribution is 2.41. The second-order valence-electron chi connectivity index (χ2n) is 9.45. The molecular formula is C23H42O4S. The van der Waals surface area contributed by atoms with Crippen LogP contribution in [0.2, 0.25) is 0 Å². The van der Waals surface area contributed by atoms with Crippen LogP contribution in [0.1, 0.15) is 97.3 Å². The first kappa shape index (κ1) is 23.9. The van der Waals surface area contributed by atoms with Crippen molar-refractivity contribution in [3.8, 4) is 0 Å². The van der Waals surface area contributed by atoms with Crippen molar-refractivity contribution in [2.45, 2.75) is 109 Å². The van der Waals surface area contributed by atoms with Crippen molar-refractivity contribution in [2.24, 2.45) is 17.3 Å². The van der Waals surface area contributed by atoms with E-state index < -0.39 is 15.3 Å².